The third-order valence-corrected chi connectivity index (χ3v) is 4.95. The third kappa shape index (κ3) is 3.23. The molecule has 2 fully saturated rings. The first-order valence-electron chi connectivity index (χ1n) is 8.44. The number of carbonyl (C=O) groups excluding carboxylic acids is 1. The summed E-state index contributed by atoms with van der Waals surface area (Å²) >= 11 is 0. The molecule has 0 N–H and O–H groups in total. The molecule has 1 aliphatic carbocycles. The van der Waals surface area contributed by atoms with Crippen molar-refractivity contribution in [2.75, 3.05) is 6.54 Å². The van der Waals surface area contributed by atoms with Gasteiger partial charge in [0.2, 0.25) is 0 Å². The van der Waals surface area contributed by atoms with E-state index in [1.807, 2.05) is 4.90 Å². The molecular weight excluding hydrogens is 330 g/mol. The van der Waals surface area contributed by atoms with E-state index < -0.39 is 11.6 Å². The molecule has 1 amide bonds. The van der Waals surface area contributed by atoms with Gasteiger partial charge in [-0.05, 0) is 37.3 Å². The summed E-state index contributed by atoms with van der Waals surface area (Å²) in [6, 6.07) is 4.88. The molecule has 132 valence electrons. The summed E-state index contributed by atoms with van der Waals surface area (Å²) in [6.45, 7) is 0.692. The van der Waals surface area contributed by atoms with Gasteiger partial charge in [-0.2, -0.15) is 0 Å². The average molecular weight is 348 g/mol. The molecule has 0 radical (unpaired) electrons. The Kier molecular flexibility index (Phi) is 4.15. The summed E-state index contributed by atoms with van der Waals surface area (Å²) < 4.78 is 36.8. The van der Waals surface area contributed by atoms with Crippen LogP contribution in [0.15, 0.2) is 28.8 Å². The van der Waals surface area contributed by atoms with Crippen molar-refractivity contribution in [3.05, 3.63) is 47.4 Å². The Balaban J connectivity index is 1.41. The van der Waals surface area contributed by atoms with Gasteiger partial charge < -0.3 is 14.2 Å². The Morgan fingerprint density at radius 3 is 3.00 bits per heavy atom. The van der Waals surface area contributed by atoms with Crippen molar-refractivity contribution in [1.29, 1.82) is 0 Å². The number of fused-ring (bicyclic) bond motifs is 2. The first kappa shape index (κ1) is 16.1. The van der Waals surface area contributed by atoms with E-state index in [4.69, 9.17) is 9.26 Å². The van der Waals surface area contributed by atoms with Gasteiger partial charge in [-0.1, -0.05) is 11.6 Å². The molecule has 7 heteroatoms. The molecule has 2 heterocycles. The van der Waals surface area contributed by atoms with E-state index in [0.29, 0.717) is 17.7 Å². The molecule has 1 saturated carbocycles. The van der Waals surface area contributed by atoms with Crippen LogP contribution >= 0.6 is 0 Å². The second-order valence-electron chi connectivity index (χ2n) is 6.69. The van der Waals surface area contributed by atoms with Crippen molar-refractivity contribution in [1.82, 2.24) is 10.1 Å². The number of aromatic nitrogens is 1. The minimum atomic E-state index is -0.792. The van der Waals surface area contributed by atoms with E-state index in [1.165, 1.54) is 25.0 Å². The first-order valence-corrected chi connectivity index (χ1v) is 8.44. The number of carbonyl (C=O) groups is 1. The van der Waals surface area contributed by atoms with Gasteiger partial charge in [0.15, 0.2) is 23.0 Å². The van der Waals surface area contributed by atoms with Gasteiger partial charge in [0, 0.05) is 24.7 Å². The lowest BCUT2D eigenvalue weighted by atomic mass is 9.90. The monoisotopic (exact) mass is 348 g/mol. The minimum absolute atomic E-state index is 0.0842. The smallest absolute Gasteiger partial charge is 0.276 e. The standard InChI is InChI=1S/C18H18F2N2O3/c19-12-4-5-17(15(20)7-12)24-10-14-8-16(21-25-14)18(23)22-9-11-2-1-3-13(22)6-11/h4-5,7-8,11,13H,1-3,6,9-10H2/t11-,13+/m0/s1. The van der Waals surface area contributed by atoms with Gasteiger partial charge in [0.25, 0.3) is 5.91 Å². The lowest BCUT2D eigenvalue weighted by Gasteiger charge is -2.23. The minimum Gasteiger partial charge on any atom is -0.482 e. The van der Waals surface area contributed by atoms with Gasteiger partial charge in [-0.25, -0.2) is 8.78 Å². The molecule has 1 saturated heterocycles. The number of amides is 1. The van der Waals surface area contributed by atoms with Crippen molar-refractivity contribution < 1.29 is 22.8 Å². The highest BCUT2D eigenvalue weighted by molar-refractivity contribution is 5.92. The molecule has 25 heavy (non-hydrogen) atoms. The van der Waals surface area contributed by atoms with Crippen LogP contribution in [0.25, 0.3) is 0 Å². The van der Waals surface area contributed by atoms with Gasteiger partial charge in [0.05, 0.1) is 0 Å². The van der Waals surface area contributed by atoms with Crippen molar-refractivity contribution in [3.63, 3.8) is 0 Å². The van der Waals surface area contributed by atoms with Gasteiger partial charge in [0.1, 0.15) is 12.4 Å². The zero-order valence-electron chi connectivity index (χ0n) is 13.6. The zero-order chi connectivity index (χ0) is 17.4. The van der Waals surface area contributed by atoms with Crippen molar-refractivity contribution in [2.45, 2.75) is 38.3 Å². The highest BCUT2D eigenvalue weighted by Gasteiger charge is 2.38. The lowest BCUT2D eigenvalue weighted by Crippen LogP contribution is -2.35. The highest BCUT2D eigenvalue weighted by atomic mass is 19.1. The van der Waals surface area contributed by atoms with Crippen molar-refractivity contribution in [3.8, 4) is 5.75 Å². The van der Waals surface area contributed by atoms with Gasteiger partial charge >= 0.3 is 0 Å². The van der Waals surface area contributed by atoms with Crippen LogP contribution in [-0.4, -0.2) is 28.6 Å². The lowest BCUT2D eigenvalue weighted by molar-refractivity contribution is 0.0722. The van der Waals surface area contributed by atoms with Crippen LogP contribution in [0, 0.1) is 17.6 Å². The van der Waals surface area contributed by atoms with Gasteiger partial charge in [-0.15, -0.1) is 0 Å². The second-order valence-corrected chi connectivity index (χ2v) is 6.69. The van der Waals surface area contributed by atoms with E-state index in [9.17, 15) is 13.6 Å². The van der Waals surface area contributed by atoms with Crippen LogP contribution < -0.4 is 4.74 Å². The molecule has 2 bridgehead atoms. The van der Waals surface area contributed by atoms with Gasteiger partial charge in [-0.3, -0.25) is 4.79 Å². The molecule has 0 spiro atoms. The summed E-state index contributed by atoms with van der Waals surface area (Å²) in [6.07, 6.45) is 4.46. The maximum Gasteiger partial charge on any atom is 0.276 e. The number of halogens is 2. The van der Waals surface area contributed by atoms with Crippen molar-refractivity contribution in [2.24, 2.45) is 5.92 Å². The SMILES string of the molecule is O=C(c1cc(COc2ccc(F)cc2F)on1)N1C[C@H]2CCC[C@@H]1C2. The number of likely N-dealkylation sites (tertiary alicyclic amines) is 1. The van der Waals surface area contributed by atoms with Crippen LogP contribution in [0.4, 0.5) is 8.78 Å². The Morgan fingerprint density at radius 2 is 2.20 bits per heavy atom. The highest BCUT2D eigenvalue weighted by Crippen LogP contribution is 2.36. The van der Waals surface area contributed by atoms with Crippen LogP contribution in [0.2, 0.25) is 0 Å². The summed E-state index contributed by atoms with van der Waals surface area (Å²) in [7, 11) is 0. The predicted octanol–water partition coefficient (Wildman–Crippen LogP) is 3.55. The number of benzene rings is 1. The topological polar surface area (TPSA) is 55.6 Å². The third-order valence-electron chi connectivity index (χ3n) is 4.95. The molecule has 1 aliphatic heterocycles. The summed E-state index contributed by atoms with van der Waals surface area (Å²) in [4.78, 5) is 14.5. The second kappa shape index (κ2) is 6.46. The maximum atomic E-state index is 13.5. The van der Waals surface area contributed by atoms with Crippen LogP contribution in [-0.2, 0) is 6.61 Å². The number of hydrogen-bond donors (Lipinski definition) is 0. The fourth-order valence-electron chi connectivity index (χ4n) is 3.76. The molecule has 1 aromatic heterocycles. The molecule has 0 unspecified atom stereocenters. The number of rotatable bonds is 4. The summed E-state index contributed by atoms with van der Waals surface area (Å²) in [5, 5.41) is 3.82. The maximum absolute atomic E-state index is 13.5. The zero-order valence-corrected chi connectivity index (χ0v) is 13.6. The Hall–Kier alpha value is -2.44. The molecule has 4 rings (SSSR count). The van der Waals surface area contributed by atoms with Crippen LogP contribution in [0.3, 0.4) is 0 Å². The Labute approximate surface area is 143 Å². The Bertz CT molecular complexity index is 792. The van der Waals surface area contributed by atoms with E-state index in [1.54, 1.807) is 0 Å². The number of hydrogen-bond acceptors (Lipinski definition) is 4. The quantitative estimate of drug-likeness (QED) is 0.848. The van der Waals surface area contributed by atoms with E-state index in [2.05, 4.69) is 5.16 Å². The molecular formula is C18H18F2N2O3. The normalized spacial score (nSPS) is 22.2. The fraction of sp³-hybridized carbons (Fsp3) is 0.444. The van der Waals surface area contributed by atoms with E-state index in [-0.39, 0.29) is 24.0 Å². The van der Waals surface area contributed by atoms with Crippen LogP contribution in [0.5, 0.6) is 5.75 Å². The predicted molar refractivity (Wildman–Crippen MR) is 84.0 cm³/mol. The van der Waals surface area contributed by atoms with Crippen molar-refractivity contribution >= 4 is 5.91 Å². The summed E-state index contributed by atoms with van der Waals surface area (Å²) in [5.74, 6) is -0.766. The fourth-order valence-corrected chi connectivity index (χ4v) is 3.76. The van der Waals surface area contributed by atoms with E-state index >= 15 is 0 Å². The van der Waals surface area contributed by atoms with E-state index in [0.717, 1.165) is 31.5 Å². The first-order chi connectivity index (χ1) is 12.1. The van der Waals surface area contributed by atoms with Crippen LogP contribution in [0.1, 0.15) is 41.9 Å². The largest absolute Gasteiger partial charge is 0.482 e. The molecule has 5 nitrogen and oxygen atoms in total. The molecule has 1 aromatic carbocycles. The summed E-state index contributed by atoms with van der Waals surface area (Å²) in [5.41, 5.74) is 0.241. The average Bonchev–Trinajstić information content (AvgIpc) is 3.18. The molecule has 2 atom stereocenters. The molecule has 2 aliphatic rings. The molecule has 2 aromatic rings. The number of ether oxygens (including phenoxy) is 1. The Morgan fingerprint density at radius 1 is 1.32 bits per heavy atom. The number of nitrogens with zero attached hydrogens (tertiary/aromatic N) is 2.